The first-order valence-corrected chi connectivity index (χ1v) is 20.1. The molecule has 0 saturated heterocycles. The Morgan fingerprint density at radius 3 is 2.07 bits per heavy atom. The van der Waals surface area contributed by atoms with E-state index in [1.54, 1.807) is 24.3 Å². The van der Waals surface area contributed by atoms with Crippen LogP contribution < -0.4 is 5.73 Å². The smallest absolute Gasteiger partial charge is 0.268 e. The van der Waals surface area contributed by atoms with E-state index in [1.807, 2.05) is 104 Å². The first-order chi connectivity index (χ1) is 26.4. The van der Waals surface area contributed by atoms with Crippen molar-refractivity contribution in [3.63, 3.8) is 0 Å². The molecular formula is C43H38N6O4SSi. The van der Waals surface area contributed by atoms with Crippen LogP contribution in [0.25, 0.3) is 27.6 Å². The van der Waals surface area contributed by atoms with Gasteiger partial charge < -0.3 is 15.1 Å². The van der Waals surface area contributed by atoms with Gasteiger partial charge in [-0.25, -0.2) is 22.1 Å². The molecule has 0 spiro atoms. The molecule has 12 heteroatoms. The van der Waals surface area contributed by atoms with Gasteiger partial charge in [0.2, 0.25) is 15.5 Å². The molecule has 0 aliphatic carbocycles. The maximum atomic E-state index is 14.8. The second-order valence-electron chi connectivity index (χ2n) is 14.5. The first-order valence-electron chi connectivity index (χ1n) is 17.7. The van der Waals surface area contributed by atoms with E-state index >= 15 is 0 Å². The number of imidazole rings is 1. The standard InChI is InChI=1S/C43H38N6O4SSi/c1-28-46-36-23-22-33(26-37(36)47-28)48-41(44)35(27-45-48)40(50)39-24-29-20-21-32(25-38(29)49(39)54(51,52)34-18-12-7-13-19-34)43(53-55-42(2,3)4,30-14-8-5-9-15-30)31-16-10-6-11-17-31/h5-27H,44H2,1-4H3,(H,46,47). The lowest BCUT2D eigenvalue weighted by Crippen LogP contribution is -2.36. The maximum Gasteiger partial charge on any atom is 0.268 e. The van der Waals surface area contributed by atoms with E-state index in [2.05, 4.69) is 35.8 Å². The van der Waals surface area contributed by atoms with E-state index in [0.717, 1.165) is 32.0 Å². The molecular weight excluding hydrogens is 725 g/mol. The van der Waals surface area contributed by atoms with Crippen LogP contribution in [0.2, 0.25) is 5.04 Å². The highest BCUT2D eigenvalue weighted by Gasteiger charge is 2.40. The quantitative estimate of drug-likeness (QED) is 0.0814. The zero-order valence-corrected chi connectivity index (χ0v) is 32.5. The zero-order valence-electron chi connectivity index (χ0n) is 30.7. The number of rotatable bonds is 10. The van der Waals surface area contributed by atoms with Crippen molar-refractivity contribution in [2.45, 2.75) is 43.2 Å². The van der Waals surface area contributed by atoms with Crippen LogP contribution >= 0.6 is 0 Å². The Balaban J connectivity index is 1.35. The largest absolute Gasteiger partial charge is 0.400 e. The number of anilines is 1. The number of nitrogens with zero attached hydrogens (tertiary/aromatic N) is 4. The summed E-state index contributed by atoms with van der Waals surface area (Å²) >= 11 is 0. The van der Waals surface area contributed by atoms with E-state index in [9.17, 15) is 13.2 Å². The molecule has 8 rings (SSSR count). The Hall–Kier alpha value is -6.08. The summed E-state index contributed by atoms with van der Waals surface area (Å²) in [4.78, 5) is 22.4. The minimum Gasteiger partial charge on any atom is -0.400 e. The third-order valence-electron chi connectivity index (χ3n) is 9.43. The summed E-state index contributed by atoms with van der Waals surface area (Å²) in [5.74, 6) is 0.235. The highest BCUT2D eigenvalue weighted by molar-refractivity contribution is 7.90. The Bertz CT molecular complexity index is 2770. The molecule has 5 aromatic carbocycles. The summed E-state index contributed by atoms with van der Waals surface area (Å²) in [6.45, 7) is 8.23. The molecule has 3 N–H and O–H groups in total. The second kappa shape index (κ2) is 13.6. The van der Waals surface area contributed by atoms with Gasteiger partial charge in [-0.15, -0.1) is 0 Å². The van der Waals surface area contributed by atoms with Crippen LogP contribution in [0.15, 0.2) is 145 Å². The van der Waals surface area contributed by atoms with Gasteiger partial charge in [-0.1, -0.05) is 112 Å². The van der Waals surface area contributed by atoms with E-state index in [-0.39, 0.29) is 36.8 Å². The van der Waals surface area contributed by atoms with Crippen molar-refractivity contribution < 1.29 is 17.6 Å². The molecule has 3 aromatic heterocycles. The molecule has 55 heavy (non-hydrogen) atoms. The average molecular weight is 763 g/mol. The number of benzene rings is 5. The van der Waals surface area contributed by atoms with E-state index in [4.69, 9.17) is 10.2 Å². The summed E-state index contributed by atoms with van der Waals surface area (Å²) in [5.41, 5.74) is 10.5. The van der Waals surface area contributed by atoms with Gasteiger partial charge in [0.05, 0.1) is 38.9 Å². The lowest BCUT2D eigenvalue weighted by molar-refractivity contribution is 0.103. The number of H-pyrrole nitrogens is 1. The van der Waals surface area contributed by atoms with Crippen LogP contribution in [-0.2, 0) is 20.1 Å². The fourth-order valence-corrected chi connectivity index (χ4v) is 9.23. The fourth-order valence-electron chi connectivity index (χ4n) is 6.90. The molecule has 3 heterocycles. The highest BCUT2D eigenvalue weighted by Crippen LogP contribution is 2.43. The Kier molecular flexibility index (Phi) is 8.91. The molecule has 8 aromatic rings. The minimum atomic E-state index is -4.34. The molecule has 0 saturated carbocycles. The topological polar surface area (TPSA) is 138 Å². The summed E-state index contributed by atoms with van der Waals surface area (Å²) in [7, 11) is -4.27. The van der Waals surface area contributed by atoms with Crippen molar-refractivity contribution in [2.75, 3.05) is 5.73 Å². The molecule has 0 unspecified atom stereocenters. The predicted molar refractivity (Wildman–Crippen MR) is 216 cm³/mol. The van der Waals surface area contributed by atoms with Crippen LogP contribution in [0.4, 0.5) is 5.82 Å². The van der Waals surface area contributed by atoms with Crippen LogP contribution in [0.3, 0.4) is 0 Å². The first kappa shape index (κ1) is 35.9. The molecule has 10 nitrogen and oxygen atoms in total. The van der Waals surface area contributed by atoms with Crippen molar-refractivity contribution in [3.8, 4) is 5.69 Å². The van der Waals surface area contributed by atoms with Crippen LogP contribution in [0.5, 0.6) is 0 Å². The van der Waals surface area contributed by atoms with Crippen LogP contribution in [-0.4, -0.2) is 47.7 Å². The highest BCUT2D eigenvalue weighted by atomic mass is 32.2. The molecule has 0 amide bonds. The summed E-state index contributed by atoms with van der Waals surface area (Å²) in [6, 6.07) is 40.7. The molecule has 274 valence electrons. The van der Waals surface area contributed by atoms with Gasteiger partial charge in [0.15, 0.2) is 0 Å². The number of carbonyl (C=O) groups is 1. The van der Waals surface area contributed by atoms with Crippen molar-refractivity contribution in [2.24, 2.45) is 0 Å². The normalized spacial score (nSPS) is 12.4. The lowest BCUT2D eigenvalue weighted by Gasteiger charge is -2.38. The third kappa shape index (κ3) is 6.37. The number of aromatic nitrogens is 5. The van der Waals surface area contributed by atoms with Crippen molar-refractivity contribution in [1.29, 1.82) is 0 Å². The van der Waals surface area contributed by atoms with Gasteiger partial charge in [-0.3, -0.25) is 4.79 Å². The number of aromatic amines is 1. The fraction of sp³-hybridized carbons (Fsp3) is 0.140. The van der Waals surface area contributed by atoms with Gasteiger partial charge in [0.1, 0.15) is 22.9 Å². The Morgan fingerprint density at radius 1 is 0.800 bits per heavy atom. The maximum absolute atomic E-state index is 14.8. The number of carbonyl (C=O) groups excluding carboxylic acids is 1. The number of nitrogen functional groups attached to an aromatic ring is 1. The SMILES string of the molecule is Cc1nc2ccc(-n3ncc(C(=O)c4cc5ccc(C(O[Si]C(C)(C)C)(c6ccccc6)c6ccccc6)cc5n4S(=O)(=O)c4ccccc4)c3N)cc2[nH]1. The summed E-state index contributed by atoms with van der Waals surface area (Å²) < 4.78 is 39.2. The lowest BCUT2D eigenvalue weighted by atomic mass is 9.80. The molecule has 0 aliphatic heterocycles. The molecule has 0 fully saturated rings. The molecule has 0 bridgehead atoms. The molecule has 0 atom stereocenters. The van der Waals surface area contributed by atoms with E-state index in [0.29, 0.717) is 22.2 Å². The van der Waals surface area contributed by atoms with Gasteiger partial charge in [0, 0.05) is 5.39 Å². The zero-order chi connectivity index (χ0) is 38.5. The predicted octanol–water partition coefficient (Wildman–Crippen LogP) is 8.21. The minimum absolute atomic E-state index is 0.0293. The number of hydrogen-bond acceptors (Lipinski definition) is 7. The average Bonchev–Trinajstić information content (AvgIpc) is 3.89. The second-order valence-corrected chi connectivity index (χ2v) is 18.2. The third-order valence-corrected chi connectivity index (χ3v) is 12.2. The van der Waals surface area contributed by atoms with Crippen molar-refractivity contribution in [1.82, 2.24) is 23.7 Å². The monoisotopic (exact) mass is 762 g/mol. The number of hydrogen-bond donors (Lipinski definition) is 2. The molecule has 0 aliphatic rings. The van der Waals surface area contributed by atoms with Crippen molar-refractivity contribution >= 4 is 53.3 Å². The van der Waals surface area contributed by atoms with Gasteiger partial charge >= 0.3 is 0 Å². The number of ketones is 1. The van der Waals surface area contributed by atoms with Crippen LogP contribution in [0, 0.1) is 6.92 Å². The van der Waals surface area contributed by atoms with Crippen molar-refractivity contribution in [3.05, 3.63) is 173 Å². The van der Waals surface area contributed by atoms with Gasteiger partial charge in [0.25, 0.3) is 10.0 Å². The summed E-state index contributed by atoms with van der Waals surface area (Å²) in [5, 5.41) is 4.84. The van der Waals surface area contributed by atoms with E-state index < -0.39 is 21.4 Å². The van der Waals surface area contributed by atoms with E-state index in [1.165, 1.54) is 23.0 Å². The Labute approximate surface area is 321 Å². The number of nitrogens with one attached hydrogen (secondary N) is 1. The van der Waals surface area contributed by atoms with Gasteiger partial charge in [-0.05, 0) is 71.1 Å². The number of fused-ring (bicyclic) bond motifs is 2. The van der Waals surface area contributed by atoms with Crippen LogP contribution in [0.1, 0.15) is 59.3 Å². The number of nitrogens with two attached hydrogens (primary N) is 1. The Morgan fingerprint density at radius 2 is 1.44 bits per heavy atom. The molecule has 2 radical (unpaired) electrons. The van der Waals surface area contributed by atoms with Gasteiger partial charge in [-0.2, -0.15) is 5.10 Å². The number of aryl methyl sites for hydroxylation is 1. The summed E-state index contributed by atoms with van der Waals surface area (Å²) in [6.07, 6.45) is 1.37.